The molecule has 0 aliphatic carbocycles. The summed E-state index contributed by atoms with van der Waals surface area (Å²) in [6.45, 7) is 3.96. The first-order chi connectivity index (χ1) is 14.9. The molecule has 1 unspecified atom stereocenters. The van der Waals surface area contributed by atoms with Crippen molar-refractivity contribution in [2.24, 2.45) is 0 Å². The molecule has 1 saturated heterocycles. The number of hydrogen-bond donors (Lipinski definition) is 2. The Balaban J connectivity index is 1.61. The molecule has 1 fully saturated rings. The molecule has 162 valence electrons. The van der Waals surface area contributed by atoms with Crippen LogP contribution in [0, 0.1) is 5.82 Å². The van der Waals surface area contributed by atoms with Crippen LogP contribution in [0.3, 0.4) is 0 Å². The molecule has 3 aromatic rings. The van der Waals surface area contributed by atoms with Gasteiger partial charge >= 0.3 is 10.2 Å². The molecule has 7 nitrogen and oxygen atoms in total. The lowest BCUT2D eigenvalue weighted by Crippen LogP contribution is -2.43. The number of piperazine rings is 1. The summed E-state index contributed by atoms with van der Waals surface area (Å²) in [7, 11) is -2.24. The molecular formula is C22H24FN5O2S. The highest BCUT2D eigenvalue weighted by Gasteiger charge is 2.37. The van der Waals surface area contributed by atoms with E-state index < -0.39 is 16.3 Å². The van der Waals surface area contributed by atoms with Gasteiger partial charge in [0.2, 0.25) is 0 Å². The Morgan fingerprint density at radius 3 is 2.77 bits per heavy atom. The Labute approximate surface area is 181 Å². The molecule has 2 aromatic carbocycles. The van der Waals surface area contributed by atoms with Gasteiger partial charge in [0, 0.05) is 62.5 Å². The molecular weight excluding hydrogens is 417 g/mol. The van der Waals surface area contributed by atoms with Crippen LogP contribution in [-0.4, -0.2) is 55.8 Å². The predicted octanol–water partition coefficient (Wildman–Crippen LogP) is 2.47. The first kappa shape index (κ1) is 20.3. The molecule has 5 rings (SSSR count). The highest BCUT2D eigenvalue weighted by molar-refractivity contribution is 7.90. The van der Waals surface area contributed by atoms with E-state index in [1.165, 1.54) is 17.4 Å². The minimum Gasteiger partial charge on any atom is -0.314 e. The Bertz CT molecular complexity index is 1240. The van der Waals surface area contributed by atoms with E-state index in [-0.39, 0.29) is 5.82 Å². The third-order valence-electron chi connectivity index (χ3n) is 6.06. The van der Waals surface area contributed by atoms with Crippen molar-refractivity contribution in [2.75, 3.05) is 37.9 Å². The van der Waals surface area contributed by atoms with E-state index in [9.17, 15) is 12.8 Å². The summed E-state index contributed by atoms with van der Waals surface area (Å²) in [5.41, 5.74) is 3.18. The molecule has 2 N–H and O–H groups in total. The van der Waals surface area contributed by atoms with Gasteiger partial charge in [0.05, 0.1) is 17.2 Å². The Kier molecular flexibility index (Phi) is 5.13. The number of aromatic nitrogens is 1. The maximum atomic E-state index is 14.6. The number of halogens is 1. The van der Waals surface area contributed by atoms with Crippen molar-refractivity contribution in [2.45, 2.75) is 12.6 Å². The highest BCUT2D eigenvalue weighted by atomic mass is 32.2. The Morgan fingerprint density at radius 2 is 1.97 bits per heavy atom. The lowest BCUT2D eigenvalue weighted by Gasteiger charge is -2.35. The van der Waals surface area contributed by atoms with Crippen LogP contribution in [0.15, 0.2) is 48.7 Å². The third-order valence-corrected chi connectivity index (χ3v) is 7.50. The first-order valence-corrected chi connectivity index (χ1v) is 11.7. The molecule has 31 heavy (non-hydrogen) atoms. The Morgan fingerprint density at radius 1 is 1.16 bits per heavy atom. The molecule has 2 aliphatic heterocycles. The standard InChI is InChI=1S/C22H24FN5O2S/c1-27-22(16-5-7-19(23)17(13-16)14-28-11-9-24-10-12-28)18-6-4-15-3-2-8-25-20(15)21(18)26-31(27,29)30/h2-8,13,22,24,26H,9-12,14H2,1H3. The van der Waals surface area contributed by atoms with Crippen LogP contribution in [0.1, 0.15) is 22.7 Å². The zero-order valence-corrected chi connectivity index (χ0v) is 18.0. The fourth-order valence-corrected chi connectivity index (χ4v) is 5.55. The van der Waals surface area contributed by atoms with E-state index in [4.69, 9.17) is 0 Å². The summed E-state index contributed by atoms with van der Waals surface area (Å²) in [6.07, 6.45) is 1.65. The third kappa shape index (κ3) is 3.67. The molecule has 1 atom stereocenters. The SMILES string of the molecule is CN1C(c2ccc(F)c(CN3CCNCC3)c2)c2ccc3cccnc3c2NS1(=O)=O. The van der Waals surface area contributed by atoms with Crippen LogP contribution in [0.4, 0.5) is 10.1 Å². The van der Waals surface area contributed by atoms with Crippen LogP contribution < -0.4 is 10.0 Å². The molecule has 0 spiro atoms. The van der Waals surface area contributed by atoms with Gasteiger partial charge in [-0.2, -0.15) is 12.7 Å². The minimum absolute atomic E-state index is 0.276. The summed E-state index contributed by atoms with van der Waals surface area (Å²) in [5, 5.41) is 4.15. The van der Waals surface area contributed by atoms with Crippen LogP contribution in [0.2, 0.25) is 0 Å². The van der Waals surface area contributed by atoms with Crippen molar-refractivity contribution in [1.82, 2.24) is 19.5 Å². The largest absolute Gasteiger partial charge is 0.314 e. The highest BCUT2D eigenvalue weighted by Crippen LogP contribution is 2.42. The average Bonchev–Trinajstić information content (AvgIpc) is 2.77. The average molecular weight is 442 g/mol. The second-order valence-electron chi connectivity index (χ2n) is 8.01. The number of rotatable bonds is 3. The van der Waals surface area contributed by atoms with Crippen molar-refractivity contribution < 1.29 is 12.8 Å². The van der Waals surface area contributed by atoms with Gasteiger partial charge < -0.3 is 5.32 Å². The predicted molar refractivity (Wildman–Crippen MR) is 118 cm³/mol. The van der Waals surface area contributed by atoms with Crippen LogP contribution in [0.5, 0.6) is 0 Å². The van der Waals surface area contributed by atoms with Crippen molar-refractivity contribution in [3.8, 4) is 0 Å². The molecule has 0 saturated carbocycles. The molecule has 2 aliphatic rings. The zero-order chi connectivity index (χ0) is 21.6. The zero-order valence-electron chi connectivity index (χ0n) is 17.2. The number of benzene rings is 2. The van der Waals surface area contributed by atoms with Crippen molar-refractivity contribution in [1.29, 1.82) is 0 Å². The van der Waals surface area contributed by atoms with E-state index in [0.29, 0.717) is 23.3 Å². The maximum absolute atomic E-state index is 14.6. The van der Waals surface area contributed by atoms with Gasteiger partial charge in [-0.3, -0.25) is 14.6 Å². The second kappa shape index (κ2) is 7.83. The number of anilines is 1. The van der Waals surface area contributed by atoms with Gasteiger partial charge in [-0.05, 0) is 23.8 Å². The topological polar surface area (TPSA) is 77.6 Å². The first-order valence-electron chi connectivity index (χ1n) is 10.3. The second-order valence-corrected chi connectivity index (χ2v) is 9.74. The molecule has 9 heteroatoms. The van der Waals surface area contributed by atoms with Crippen LogP contribution >= 0.6 is 0 Å². The normalized spacial score (nSPS) is 21.5. The summed E-state index contributed by atoms with van der Waals surface area (Å²) in [4.78, 5) is 6.61. The molecule has 3 heterocycles. The number of hydrogen-bond acceptors (Lipinski definition) is 5. The van der Waals surface area contributed by atoms with Gasteiger partial charge in [0.1, 0.15) is 5.82 Å². The number of fused-ring (bicyclic) bond motifs is 3. The van der Waals surface area contributed by atoms with E-state index in [0.717, 1.165) is 42.7 Å². The van der Waals surface area contributed by atoms with Crippen molar-refractivity contribution >= 4 is 26.8 Å². The molecule has 0 radical (unpaired) electrons. The maximum Gasteiger partial charge on any atom is 0.302 e. The van der Waals surface area contributed by atoms with E-state index in [1.54, 1.807) is 18.3 Å². The molecule has 0 bridgehead atoms. The molecule has 0 amide bonds. The van der Waals surface area contributed by atoms with Gasteiger partial charge in [-0.15, -0.1) is 0 Å². The number of nitrogens with zero attached hydrogens (tertiary/aromatic N) is 3. The summed E-state index contributed by atoms with van der Waals surface area (Å²) in [6, 6.07) is 11.9. The smallest absolute Gasteiger partial charge is 0.302 e. The minimum atomic E-state index is -3.78. The van der Waals surface area contributed by atoms with E-state index >= 15 is 0 Å². The van der Waals surface area contributed by atoms with Crippen molar-refractivity contribution in [3.05, 3.63) is 71.2 Å². The fraction of sp³-hybridized carbons (Fsp3) is 0.318. The van der Waals surface area contributed by atoms with E-state index in [2.05, 4.69) is 19.9 Å². The summed E-state index contributed by atoms with van der Waals surface area (Å²) >= 11 is 0. The van der Waals surface area contributed by atoms with E-state index in [1.807, 2.05) is 24.3 Å². The number of nitrogens with one attached hydrogen (secondary N) is 2. The van der Waals surface area contributed by atoms with Crippen molar-refractivity contribution in [3.63, 3.8) is 0 Å². The lowest BCUT2D eigenvalue weighted by molar-refractivity contribution is 0.230. The quantitative estimate of drug-likeness (QED) is 0.653. The summed E-state index contributed by atoms with van der Waals surface area (Å²) in [5.74, 6) is -0.276. The van der Waals surface area contributed by atoms with Gasteiger partial charge in [-0.1, -0.05) is 24.3 Å². The van der Waals surface area contributed by atoms with Gasteiger partial charge in [0.15, 0.2) is 0 Å². The summed E-state index contributed by atoms with van der Waals surface area (Å²) < 4.78 is 44.5. The monoisotopic (exact) mass is 441 g/mol. The molecule has 1 aromatic heterocycles. The lowest BCUT2D eigenvalue weighted by atomic mass is 9.94. The number of pyridine rings is 1. The van der Waals surface area contributed by atoms with Gasteiger partial charge in [-0.25, -0.2) is 4.39 Å². The van der Waals surface area contributed by atoms with Gasteiger partial charge in [0.25, 0.3) is 0 Å². The van der Waals surface area contributed by atoms with Crippen LogP contribution in [0.25, 0.3) is 10.9 Å². The fourth-order valence-electron chi connectivity index (χ4n) is 4.42. The Hall–Kier alpha value is -2.59. The van der Waals surface area contributed by atoms with Crippen LogP contribution in [-0.2, 0) is 16.8 Å².